The van der Waals surface area contributed by atoms with Crippen molar-refractivity contribution in [3.05, 3.63) is 66.8 Å². The van der Waals surface area contributed by atoms with Crippen LogP contribution in [0.1, 0.15) is 19.4 Å². The van der Waals surface area contributed by atoms with Gasteiger partial charge in [-0.2, -0.15) is 10.1 Å². The number of nitrogens with one attached hydrogen (secondary N) is 2. The number of benzene rings is 1. The van der Waals surface area contributed by atoms with E-state index < -0.39 is 11.2 Å². The van der Waals surface area contributed by atoms with Gasteiger partial charge in [0.15, 0.2) is 11.2 Å². The van der Waals surface area contributed by atoms with Crippen LogP contribution in [0.2, 0.25) is 5.02 Å². The standard InChI is InChI=1S/C18H18Cl2N6O2/c1-10(19)8-9-26-14-15(25(3)18(28)22-16(14)27)21-17(26)24-23-11(2)12-4-6-13(20)7-5-12/h4-8H,9H2,1-3H3,(H,21,24)(H,22,27,28)/b10-8-,23-11?. The van der Waals surface area contributed by atoms with Crippen LogP contribution in [0.4, 0.5) is 5.95 Å². The minimum absolute atomic E-state index is 0.247. The Kier molecular flexibility index (Phi) is 5.71. The van der Waals surface area contributed by atoms with Crippen molar-refractivity contribution in [2.45, 2.75) is 20.4 Å². The van der Waals surface area contributed by atoms with Crippen LogP contribution in [0.25, 0.3) is 11.2 Å². The van der Waals surface area contributed by atoms with Gasteiger partial charge in [0.1, 0.15) is 0 Å². The van der Waals surface area contributed by atoms with Gasteiger partial charge in [-0.3, -0.25) is 18.9 Å². The number of rotatable bonds is 5. The Balaban J connectivity index is 2.09. The molecule has 0 aliphatic carbocycles. The normalized spacial score (nSPS) is 12.6. The molecule has 146 valence electrons. The molecular weight excluding hydrogens is 403 g/mol. The number of hydrogen-bond acceptors (Lipinski definition) is 5. The van der Waals surface area contributed by atoms with E-state index in [9.17, 15) is 9.59 Å². The van der Waals surface area contributed by atoms with Crippen LogP contribution in [0, 0.1) is 0 Å². The first-order valence-corrected chi connectivity index (χ1v) is 9.11. The first-order chi connectivity index (χ1) is 13.3. The van der Waals surface area contributed by atoms with E-state index in [1.54, 1.807) is 29.7 Å². The Bertz CT molecular complexity index is 1200. The van der Waals surface area contributed by atoms with E-state index in [0.29, 0.717) is 21.7 Å². The van der Waals surface area contributed by atoms with Crippen LogP contribution in [0.5, 0.6) is 0 Å². The van der Waals surface area contributed by atoms with Crippen LogP contribution in [0.15, 0.2) is 50.1 Å². The van der Waals surface area contributed by atoms with Gasteiger partial charge in [-0.05, 0) is 31.5 Å². The van der Waals surface area contributed by atoms with Gasteiger partial charge >= 0.3 is 5.69 Å². The third-order valence-electron chi connectivity index (χ3n) is 4.15. The average molecular weight is 421 g/mol. The molecule has 0 radical (unpaired) electrons. The number of anilines is 1. The molecule has 0 fully saturated rings. The van der Waals surface area contributed by atoms with Gasteiger partial charge < -0.3 is 0 Å². The highest BCUT2D eigenvalue weighted by Gasteiger charge is 2.16. The summed E-state index contributed by atoms with van der Waals surface area (Å²) in [6, 6.07) is 7.24. The lowest BCUT2D eigenvalue weighted by atomic mass is 10.1. The van der Waals surface area contributed by atoms with E-state index in [0.717, 1.165) is 5.56 Å². The summed E-state index contributed by atoms with van der Waals surface area (Å²) in [5, 5.41) is 5.54. The molecule has 0 spiro atoms. The van der Waals surface area contributed by atoms with Crippen LogP contribution in [-0.2, 0) is 13.6 Å². The zero-order chi connectivity index (χ0) is 20.4. The molecule has 3 aromatic rings. The topological polar surface area (TPSA) is 97.1 Å². The molecule has 28 heavy (non-hydrogen) atoms. The maximum Gasteiger partial charge on any atom is 0.329 e. The van der Waals surface area contributed by atoms with Crippen molar-refractivity contribution >= 4 is 46.0 Å². The largest absolute Gasteiger partial charge is 0.329 e. The van der Waals surface area contributed by atoms with Crippen molar-refractivity contribution in [3.8, 4) is 0 Å². The molecule has 8 nitrogen and oxygen atoms in total. The second-order valence-electron chi connectivity index (χ2n) is 6.14. The molecule has 0 saturated carbocycles. The molecule has 1 aromatic carbocycles. The molecule has 2 aromatic heterocycles. The summed E-state index contributed by atoms with van der Waals surface area (Å²) < 4.78 is 2.88. The van der Waals surface area contributed by atoms with E-state index in [4.69, 9.17) is 23.2 Å². The minimum atomic E-state index is -0.543. The van der Waals surface area contributed by atoms with Crippen molar-refractivity contribution in [2.75, 3.05) is 5.43 Å². The molecule has 0 amide bonds. The van der Waals surface area contributed by atoms with Crippen LogP contribution >= 0.6 is 23.2 Å². The number of fused-ring (bicyclic) bond motifs is 1. The Morgan fingerprint density at radius 1 is 1.29 bits per heavy atom. The van der Waals surface area contributed by atoms with Gasteiger partial charge in [-0.15, -0.1) is 0 Å². The van der Waals surface area contributed by atoms with Gasteiger partial charge in [0, 0.05) is 23.6 Å². The third kappa shape index (κ3) is 4.02. The second-order valence-corrected chi connectivity index (χ2v) is 7.18. The quantitative estimate of drug-likeness (QED) is 0.489. The minimum Gasteiger partial charge on any atom is -0.299 e. The highest BCUT2D eigenvalue weighted by molar-refractivity contribution is 6.30. The molecule has 2 heterocycles. The van der Waals surface area contributed by atoms with Crippen LogP contribution < -0.4 is 16.7 Å². The van der Waals surface area contributed by atoms with Gasteiger partial charge in [0.2, 0.25) is 5.95 Å². The lowest BCUT2D eigenvalue weighted by Gasteiger charge is -2.07. The average Bonchev–Trinajstić information content (AvgIpc) is 3.02. The molecule has 0 aliphatic heterocycles. The number of H-pyrrole nitrogens is 1. The molecule has 0 aliphatic rings. The maximum absolute atomic E-state index is 12.4. The number of halogens is 2. The molecule has 0 unspecified atom stereocenters. The zero-order valence-electron chi connectivity index (χ0n) is 15.5. The van der Waals surface area contributed by atoms with Gasteiger partial charge in [-0.1, -0.05) is 41.4 Å². The number of aromatic nitrogens is 4. The fourth-order valence-corrected chi connectivity index (χ4v) is 2.80. The van der Waals surface area contributed by atoms with Crippen LogP contribution in [0.3, 0.4) is 0 Å². The molecular formula is C18H18Cl2N6O2. The Morgan fingerprint density at radius 2 is 1.96 bits per heavy atom. The number of imidazole rings is 1. The fraction of sp³-hybridized carbons (Fsp3) is 0.222. The number of nitrogens with zero attached hydrogens (tertiary/aromatic N) is 4. The van der Waals surface area contributed by atoms with E-state index in [1.165, 1.54) is 11.6 Å². The van der Waals surface area contributed by atoms with E-state index >= 15 is 0 Å². The summed E-state index contributed by atoms with van der Waals surface area (Å²) >= 11 is 11.9. The fourth-order valence-electron chi connectivity index (χ4n) is 2.60. The van der Waals surface area contributed by atoms with Gasteiger partial charge in [-0.25, -0.2) is 10.2 Å². The number of hydrogen-bond donors (Lipinski definition) is 2. The zero-order valence-corrected chi connectivity index (χ0v) is 17.0. The molecule has 0 bridgehead atoms. The predicted octanol–water partition coefficient (Wildman–Crippen LogP) is 3.06. The Morgan fingerprint density at radius 3 is 2.61 bits per heavy atom. The van der Waals surface area contributed by atoms with Crippen molar-refractivity contribution in [3.63, 3.8) is 0 Å². The van der Waals surface area contributed by atoms with Gasteiger partial charge in [0.25, 0.3) is 5.56 Å². The number of aromatic amines is 1. The van der Waals surface area contributed by atoms with E-state index in [-0.39, 0.29) is 17.7 Å². The number of allylic oxidation sites excluding steroid dienone is 2. The molecule has 3 rings (SSSR count). The third-order valence-corrected chi connectivity index (χ3v) is 4.55. The van der Waals surface area contributed by atoms with Crippen molar-refractivity contribution in [2.24, 2.45) is 12.1 Å². The Labute approximate surface area is 170 Å². The number of aryl methyl sites for hydroxylation is 1. The summed E-state index contributed by atoms with van der Waals surface area (Å²) in [5.74, 6) is 0.309. The summed E-state index contributed by atoms with van der Waals surface area (Å²) in [6.45, 7) is 3.84. The molecule has 2 N–H and O–H groups in total. The maximum atomic E-state index is 12.4. The smallest absolute Gasteiger partial charge is 0.299 e. The molecule has 10 heteroatoms. The van der Waals surface area contributed by atoms with Crippen molar-refractivity contribution in [1.29, 1.82) is 0 Å². The summed E-state index contributed by atoms with van der Waals surface area (Å²) in [5.41, 5.74) is 3.87. The summed E-state index contributed by atoms with van der Waals surface area (Å²) in [7, 11) is 1.53. The first-order valence-electron chi connectivity index (χ1n) is 8.36. The van der Waals surface area contributed by atoms with E-state index in [1.807, 2.05) is 19.1 Å². The van der Waals surface area contributed by atoms with Crippen molar-refractivity contribution < 1.29 is 0 Å². The SMILES string of the molecule is CC(=NNc1nc2c(c(=O)[nH]c(=O)n2C)n1C/C=C(/C)Cl)c1ccc(Cl)cc1. The predicted molar refractivity (Wildman–Crippen MR) is 112 cm³/mol. The first kappa shape index (κ1) is 19.9. The van der Waals surface area contributed by atoms with Crippen LogP contribution in [-0.4, -0.2) is 24.8 Å². The van der Waals surface area contributed by atoms with E-state index in [2.05, 4.69) is 20.5 Å². The monoisotopic (exact) mass is 420 g/mol. The lowest BCUT2D eigenvalue weighted by Crippen LogP contribution is -2.29. The Hall–Kier alpha value is -2.84. The molecule has 0 saturated heterocycles. The highest BCUT2D eigenvalue weighted by Crippen LogP contribution is 2.17. The van der Waals surface area contributed by atoms with Gasteiger partial charge in [0.05, 0.1) is 5.71 Å². The summed E-state index contributed by atoms with van der Waals surface area (Å²) in [6.07, 6.45) is 1.73. The highest BCUT2D eigenvalue weighted by atomic mass is 35.5. The summed E-state index contributed by atoms with van der Waals surface area (Å²) in [4.78, 5) is 30.9. The molecule has 0 atom stereocenters. The second kappa shape index (κ2) is 8.04. The lowest BCUT2D eigenvalue weighted by molar-refractivity contribution is 0.818. The van der Waals surface area contributed by atoms with Crippen molar-refractivity contribution in [1.82, 2.24) is 19.1 Å². The number of hydrazone groups is 1.